The third kappa shape index (κ3) is 4.28. The van der Waals surface area contributed by atoms with Gasteiger partial charge in [0.1, 0.15) is 5.82 Å². The molecule has 0 bridgehead atoms. The fraction of sp³-hybridized carbons (Fsp3) is 0.333. The summed E-state index contributed by atoms with van der Waals surface area (Å²) in [7, 11) is 0. The first-order valence-corrected chi connectivity index (χ1v) is 7.99. The van der Waals surface area contributed by atoms with Gasteiger partial charge in [0.15, 0.2) is 0 Å². The highest BCUT2D eigenvalue weighted by molar-refractivity contribution is 6.04. The Morgan fingerprint density at radius 3 is 2.70 bits per heavy atom. The summed E-state index contributed by atoms with van der Waals surface area (Å²) in [4.78, 5) is 16.4. The van der Waals surface area contributed by atoms with Crippen LogP contribution in [0.2, 0.25) is 0 Å². The number of halogens is 1. The van der Waals surface area contributed by atoms with Crippen molar-refractivity contribution >= 4 is 17.3 Å². The van der Waals surface area contributed by atoms with E-state index in [1.54, 1.807) is 24.4 Å². The Bertz CT molecular complexity index is 683. The van der Waals surface area contributed by atoms with E-state index in [1.165, 1.54) is 37.6 Å². The number of nitrogens with zero attached hydrogens (tertiary/aromatic N) is 1. The van der Waals surface area contributed by atoms with Crippen LogP contribution >= 0.6 is 0 Å². The van der Waals surface area contributed by atoms with Gasteiger partial charge in [-0.1, -0.05) is 25.3 Å². The number of carbonyl (C=O) groups excluding carboxylic acids is 1. The molecule has 1 aromatic carbocycles. The highest BCUT2D eigenvalue weighted by Crippen LogP contribution is 2.22. The number of rotatable bonds is 4. The first-order chi connectivity index (χ1) is 11.2. The molecule has 1 aliphatic rings. The Balaban J connectivity index is 1.67. The van der Waals surface area contributed by atoms with E-state index in [-0.39, 0.29) is 11.7 Å². The third-order valence-corrected chi connectivity index (χ3v) is 4.06. The second-order valence-corrected chi connectivity index (χ2v) is 5.91. The van der Waals surface area contributed by atoms with Gasteiger partial charge in [-0.15, -0.1) is 0 Å². The molecule has 0 atom stereocenters. The molecular formula is C18H20FN3O. The number of benzene rings is 1. The highest BCUT2D eigenvalue weighted by Gasteiger charge is 2.14. The van der Waals surface area contributed by atoms with E-state index < -0.39 is 0 Å². The molecule has 0 aliphatic heterocycles. The van der Waals surface area contributed by atoms with Gasteiger partial charge in [0.05, 0.1) is 11.3 Å². The molecule has 1 aliphatic carbocycles. The van der Waals surface area contributed by atoms with Crippen molar-refractivity contribution in [2.24, 2.45) is 0 Å². The minimum atomic E-state index is -0.381. The van der Waals surface area contributed by atoms with E-state index in [0.29, 0.717) is 17.3 Å². The number of amides is 1. The maximum absolute atomic E-state index is 13.2. The molecule has 2 N–H and O–H groups in total. The molecule has 120 valence electrons. The zero-order valence-electron chi connectivity index (χ0n) is 12.9. The number of hydrogen-bond acceptors (Lipinski definition) is 3. The number of hydrogen-bond donors (Lipinski definition) is 2. The van der Waals surface area contributed by atoms with Crippen LogP contribution in [0.3, 0.4) is 0 Å². The van der Waals surface area contributed by atoms with E-state index in [2.05, 4.69) is 15.6 Å². The first kappa shape index (κ1) is 15.5. The van der Waals surface area contributed by atoms with Crippen molar-refractivity contribution in [3.05, 3.63) is 54.1 Å². The average Bonchev–Trinajstić information content (AvgIpc) is 2.56. The fourth-order valence-corrected chi connectivity index (χ4v) is 2.90. The number of carbonyl (C=O) groups is 1. The molecule has 1 saturated carbocycles. The molecule has 3 rings (SSSR count). The lowest BCUT2D eigenvalue weighted by molar-refractivity contribution is 0.102. The summed E-state index contributed by atoms with van der Waals surface area (Å²) in [6.07, 6.45) is 9.33. The van der Waals surface area contributed by atoms with Gasteiger partial charge >= 0.3 is 0 Å². The van der Waals surface area contributed by atoms with Crippen LogP contribution in [0.25, 0.3) is 0 Å². The Labute approximate surface area is 135 Å². The summed E-state index contributed by atoms with van der Waals surface area (Å²) in [5, 5.41) is 6.13. The molecule has 0 radical (unpaired) electrons. The van der Waals surface area contributed by atoms with Crippen LogP contribution in [0.5, 0.6) is 0 Å². The van der Waals surface area contributed by atoms with Crippen LogP contribution in [0, 0.1) is 5.82 Å². The fourth-order valence-electron chi connectivity index (χ4n) is 2.90. The van der Waals surface area contributed by atoms with E-state index in [4.69, 9.17) is 0 Å². The SMILES string of the molecule is O=C(Nc1cccc(F)c1)c1cncc(NC2CCCCC2)c1. The van der Waals surface area contributed by atoms with Crippen LogP contribution in [0.4, 0.5) is 15.8 Å². The smallest absolute Gasteiger partial charge is 0.257 e. The topological polar surface area (TPSA) is 54.0 Å². The minimum Gasteiger partial charge on any atom is -0.381 e. The molecule has 1 fully saturated rings. The van der Waals surface area contributed by atoms with Crippen LogP contribution in [0.15, 0.2) is 42.7 Å². The van der Waals surface area contributed by atoms with Gasteiger partial charge in [-0.25, -0.2) is 4.39 Å². The molecule has 5 heteroatoms. The zero-order valence-corrected chi connectivity index (χ0v) is 12.9. The molecule has 23 heavy (non-hydrogen) atoms. The predicted molar refractivity (Wildman–Crippen MR) is 89.1 cm³/mol. The lowest BCUT2D eigenvalue weighted by Gasteiger charge is -2.23. The maximum atomic E-state index is 13.2. The highest BCUT2D eigenvalue weighted by atomic mass is 19.1. The Morgan fingerprint density at radius 2 is 1.91 bits per heavy atom. The molecule has 0 spiro atoms. The summed E-state index contributed by atoms with van der Waals surface area (Å²) >= 11 is 0. The Kier molecular flexibility index (Phi) is 4.86. The van der Waals surface area contributed by atoms with Crippen LogP contribution in [-0.4, -0.2) is 16.9 Å². The summed E-state index contributed by atoms with van der Waals surface area (Å²) in [6.45, 7) is 0. The summed E-state index contributed by atoms with van der Waals surface area (Å²) in [5.74, 6) is -0.677. The number of nitrogens with one attached hydrogen (secondary N) is 2. The van der Waals surface area contributed by atoms with E-state index in [0.717, 1.165) is 18.5 Å². The van der Waals surface area contributed by atoms with Crippen LogP contribution in [0.1, 0.15) is 42.5 Å². The average molecular weight is 313 g/mol. The van der Waals surface area contributed by atoms with Crippen molar-refractivity contribution in [1.82, 2.24) is 4.98 Å². The zero-order chi connectivity index (χ0) is 16.1. The van der Waals surface area contributed by atoms with E-state index in [1.807, 2.05) is 0 Å². The van der Waals surface area contributed by atoms with Gasteiger partial charge < -0.3 is 10.6 Å². The first-order valence-electron chi connectivity index (χ1n) is 7.99. The van der Waals surface area contributed by atoms with E-state index in [9.17, 15) is 9.18 Å². The molecule has 2 aromatic rings. The van der Waals surface area contributed by atoms with Crippen molar-refractivity contribution in [3.8, 4) is 0 Å². The lowest BCUT2D eigenvalue weighted by atomic mass is 9.95. The van der Waals surface area contributed by atoms with Gasteiger partial charge in [-0.3, -0.25) is 9.78 Å². The third-order valence-electron chi connectivity index (χ3n) is 4.06. The lowest BCUT2D eigenvalue weighted by Crippen LogP contribution is -2.22. The number of pyridine rings is 1. The van der Waals surface area contributed by atoms with Gasteiger partial charge in [0.25, 0.3) is 5.91 Å². The van der Waals surface area contributed by atoms with Gasteiger partial charge in [-0.05, 0) is 37.1 Å². The largest absolute Gasteiger partial charge is 0.381 e. The summed E-state index contributed by atoms with van der Waals surface area (Å²) in [6, 6.07) is 8.08. The minimum absolute atomic E-state index is 0.296. The summed E-state index contributed by atoms with van der Waals surface area (Å²) in [5.41, 5.74) is 1.74. The van der Waals surface area contributed by atoms with Crippen LogP contribution in [-0.2, 0) is 0 Å². The normalized spacial score (nSPS) is 15.2. The van der Waals surface area contributed by atoms with Crippen LogP contribution < -0.4 is 10.6 Å². The number of anilines is 2. The summed E-state index contributed by atoms with van der Waals surface area (Å²) < 4.78 is 13.2. The molecule has 1 amide bonds. The van der Waals surface area contributed by atoms with E-state index >= 15 is 0 Å². The molecule has 4 nitrogen and oxygen atoms in total. The molecule has 0 saturated heterocycles. The van der Waals surface area contributed by atoms with Crippen molar-refractivity contribution in [3.63, 3.8) is 0 Å². The molecule has 1 aromatic heterocycles. The van der Waals surface area contributed by atoms with Gasteiger partial charge in [0.2, 0.25) is 0 Å². The quantitative estimate of drug-likeness (QED) is 0.888. The van der Waals surface area contributed by atoms with Gasteiger partial charge in [-0.2, -0.15) is 0 Å². The second-order valence-electron chi connectivity index (χ2n) is 5.91. The molecule has 1 heterocycles. The van der Waals surface area contributed by atoms with Gasteiger partial charge in [0, 0.05) is 24.1 Å². The monoisotopic (exact) mass is 313 g/mol. The van der Waals surface area contributed by atoms with Crippen molar-refractivity contribution in [1.29, 1.82) is 0 Å². The Morgan fingerprint density at radius 1 is 1.09 bits per heavy atom. The molecule has 0 unspecified atom stereocenters. The second kappa shape index (κ2) is 7.22. The van der Waals surface area contributed by atoms with Crippen molar-refractivity contribution in [2.45, 2.75) is 38.1 Å². The molecular weight excluding hydrogens is 293 g/mol. The number of aromatic nitrogens is 1. The van der Waals surface area contributed by atoms with Crippen molar-refractivity contribution in [2.75, 3.05) is 10.6 Å². The van der Waals surface area contributed by atoms with Crippen molar-refractivity contribution < 1.29 is 9.18 Å². The predicted octanol–water partition coefficient (Wildman–Crippen LogP) is 4.22. The maximum Gasteiger partial charge on any atom is 0.257 e. The Hall–Kier alpha value is -2.43. The standard InChI is InChI=1S/C18H20FN3O/c19-14-5-4-8-16(10-14)22-18(23)13-9-17(12-20-11-13)21-15-6-2-1-3-7-15/h4-5,8-12,15,21H,1-3,6-7H2,(H,22,23).